The minimum absolute atomic E-state index is 0.102. The van der Waals surface area contributed by atoms with Gasteiger partial charge in [-0.3, -0.25) is 9.69 Å². The number of ether oxygens (including phenoxy) is 4. The highest BCUT2D eigenvalue weighted by atomic mass is 16.5. The molecule has 2 N–H and O–H groups in total. The van der Waals surface area contributed by atoms with Crippen LogP contribution in [-0.2, 0) is 9.47 Å². The highest BCUT2D eigenvalue weighted by Gasteiger charge is 2.70. The van der Waals surface area contributed by atoms with Crippen LogP contribution >= 0.6 is 0 Å². The second-order valence-corrected chi connectivity index (χ2v) is 9.08. The average molecular weight is 485 g/mol. The van der Waals surface area contributed by atoms with Crippen molar-refractivity contribution in [2.24, 2.45) is 0 Å². The molecule has 0 unspecified atom stereocenters. The Morgan fingerprint density at radius 3 is 2.46 bits per heavy atom. The zero-order chi connectivity index (χ0) is 24.6. The maximum atomic E-state index is 13.4. The summed E-state index contributed by atoms with van der Waals surface area (Å²) in [4.78, 5) is 40.8. The summed E-state index contributed by atoms with van der Waals surface area (Å²) in [6.07, 6.45) is 5.61. The zero-order valence-electron chi connectivity index (χ0n) is 19.9. The van der Waals surface area contributed by atoms with Gasteiger partial charge in [-0.15, -0.1) is 0 Å². The molecule has 0 atom stereocenters. The molecule has 3 aliphatic carbocycles. The standard InChI is InChI=1S/C23H28N6O6/c1-32-16-8-14(21(31)34-3)15(9-24-16)27-19(30)17-18(25-13-26-20(17)33-2)28-22-10-23(11-22,12-22)29-4-6-35-7-5-29/h8-9,13H,4-7,10-12H2,1-3H3,(H,27,30)(H,25,26,28). The van der Waals surface area contributed by atoms with Crippen LogP contribution in [0.25, 0.3) is 0 Å². The van der Waals surface area contributed by atoms with E-state index in [9.17, 15) is 9.59 Å². The lowest BCUT2D eigenvalue weighted by molar-refractivity contribution is -0.172. The van der Waals surface area contributed by atoms with Gasteiger partial charge < -0.3 is 29.6 Å². The Kier molecular flexibility index (Phi) is 5.93. The summed E-state index contributed by atoms with van der Waals surface area (Å²) in [5, 5.41) is 6.21. The molecule has 4 fully saturated rings. The van der Waals surface area contributed by atoms with Crippen LogP contribution in [0.5, 0.6) is 11.8 Å². The fourth-order valence-corrected chi connectivity index (χ4v) is 5.43. The maximum absolute atomic E-state index is 13.4. The molecule has 2 aromatic heterocycles. The smallest absolute Gasteiger partial charge is 0.340 e. The molecule has 35 heavy (non-hydrogen) atoms. The highest BCUT2D eigenvalue weighted by Crippen LogP contribution is 2.65. The molecule has 0 radical (unpaired) electrons. The summed E-state index contributed by atoms with van der Waals surface area (Å²) in [6.45, 7) is 3.43. The average Bonchev–Trinajstić information content (AvgIpc) is 2.85. The van der Waals surface area contributed by atoms with Crippen LogP contribution in [0.3, 0.4) is 0 Å². The summed E-state index contributed by atoms with van der Waals surface area (Å²) >= 11 is 0. The first kappa shape index (κ1) is 23.2. The molecule has 12 heteroatoms. The van der Waals surface area contributed by atoms with E-state index in [1.807, 2.05) is 0 Å². The number of rotatable bonds is 8. The number of methoxy groups -OCH3 is 3. The lowest BCUT2D eigenvalue weighted by atomic mass is 9.43. The summed E-state index contributed by atoms with van der Waals surface area (Å²) in [6, 6.07) is 1.40. The second kappa shape index (κ2) is 8.93. The Labute approximate surface area is 202 Å². The molecule has 186 valence electrons. The Balaban J connectivity index is 1.37. The first-order valence-corrected chi connectivity index (χ1v) is 11.4. The number of morpholine rings is 1. The van der Waals surface area contributed by atoms with Crippen molar-refractivity contribution in [3.05, 3.63) is 29.7 Å². The van der Waals surface area contributed by atoms with Crippen LogP contribution in [0.2, 0.25) is 0 Å². The number of aromatic nitrogens is 3. The molecule has 0 spiro atoms. The molecule has 6 rings (SSSR count). The molecular weight excluding hydrogens is 456 g/mol. The van der Waals surface area contributed by atoms with Crippen molar-refractivity contribution >= 4 is 23.4 Å². The minimum Gasteiger partial charge on any atom is -0.481 e. The number of amides is 1. The molecule has 4 aliphatic rings. The number of hydrogen-bond donors (Lipinski definition) is 2. The maximum Gasteiger partial charge on any atom is 0.340 e. The topological polar surface area (TPSA) is 137 Å². The Morgan fingerprint density at radius 1 is 1.06 bits per heavy atom. The number of pyridine rings is 1. The minimum atomic E-state index is -0.641. The van der Waals surface area contributed by atoms with E-state index < -0.39 is 11.9 Å². The van der Waals surface area contributed by atoms with Gasteiger partial charge >= 0.3 is 5.97 Å². The fraction of sp³-hybridized carbons (Fsp3) is 0.522. The zero-order valence-corrected chi connectivity index (χ0v) is 19.9. The quantitative estimate of drug-likeness (QED) is 0.525. The summed E-state index contributed by atoms with van der Waals surface area (Å²) in [5.41, 5.74) is 0.499. The number of nitrogens with zero attached hydrogens (tertiary/aromatic N) is 4. The largest absolute Gasteiger partial charge is 0.481 e. The molecule has 1 amide bonds. The van der Waals surface area contributed by atoms with Crippen molar-refractivity contribution in [2.75, 3.05) is 58.3 Å². The van der Waals surface area contributed by atoms with Gasteiger partial charge in [-0.2, -0.15) is 0 Å². The predicted molar refractivity (Wildman–Crippen MR) is 124 cm³/mol. The Bertz CT molecular complexity index is 1130. The normalized spacial score (nSPS) is 25.0. The van der Waals surface area contributed by atoms with Gasteiger partial charge in [-0.1, -0.05) is 0 Å². The highest BCUT2D eigenvalue weighted by molar-refractivity contribution is 6.11. The van der Waals surface area contributed by atoms with Crippen LogP contribution in [0, 0.1) is 0 Å². The van der Waals surface area contributed by atoms with Crippen molar-refractivity contribution in [1.29, 1.82) is 0 Å². The molecule has 1 aliphatic heterocycles. The lowest BCUT2D eigenvalue weighted by Gasteiger charge is -2.74. The van der Waals surface area contributed by atoms with E-state index in [4.69, 9.17) is 18.9 Å². The third-order valence-corrected chi connectivity index (χ3v) is 7.04. The van der Waals surface area contributed by atoms with Crippen molar-refractivity contribution in [2.45, 2.75) is 30.3 Å². The van der Waals surface area contributed by atoms with Crippen molar-refractivity contribution in [3.63, 3.8) is 0 Å². The van der Waals surface area contributed by atoms with E-state index in [1.54, 1.807) is 0 Å². The van der Waals surface area contributed by atoms with E-state index >= 15 is 0 Å². The number of anilines is 2. The lowest BCUT2D eigenvalue weighted by Crippen LogP contribution is -2.82. The van der Waals surface area contributed by atoms with E-state index in [0.717, 1.165) is 45.6 Å². The SMILES string of the molecule is COC(=O)c1cc(OC)ncc1NC(=O)c1c(NC23CC(N4CCOCC4)(C2)C3)ncnc1OC. The molecule has 3 heterocycles. The third kappa shape index (κ3) is 4.02. The van der Waals surface area contributed by atoms with Crippen LogP contribution in [0.4, 0.5) is 11.5 Å². The molecule has 1 saturated heterocycles. The van der Waals surface area contributed by atoms with Crippen molar-refractivity contribution in [3.8, 4) is 11.8 Å². The predicted octanol–water partition coefficient (Wildman–Crippen LogP) is 1.35. The number of carbonyl (C=O) groups is 2. The van der Waals surface area contributed by atoms with Gasteiger partial charge in [0.2, 0.25) is 11.8 Å². The molecule has 12 nitrogen and oxygen atoms in total. The monoisotopic (exact) mass is 484 g/mol. The van der Waals surface area contributed by atoms with Crippen molar-refractivity contribution < 1.29 is 28.5 Å². The van der Waals surface area contributed by atoms with Gasteiger partial charge in [0.1, 0.15) is 17.7 Å². The van der Waals surface area contributed by atoms with Gasteiger partial charge in [0, 0.05) is 30.2 Å². The van der Waals surface area contributed by atoms with E-state index in [-0.39, 0.29) is 39.7 Å². The first-order valence-electron chi connectivity index (χ1n) is 11.4. The van der Waals surface area contributed by atoms with Crippen LogP contribution in [0.15, 0.2) is 18.6 Å². The second-order valence-electron chi connectivity index (χ2n) is 9.08. The van der Waals surface area contributed by atoms with Crippen LogP contribution in [-0.4, -0.2) is 90.4 Å². The number of hydrogen-bond acceptors (Lipinski definition) is 11. The number of carbonyl (C=O) groups excluding carboxylic acids is 2. The van der Waals surface area contributed by atoms with Crippen LogP contribution in [0.1, 0.15) is 40.0 Å². The van der Waals surface area contributed by atoms with Gasteiger partial charge in [0.05, 0.1) is 52.0 Å². The fourth-order valence-electron chi connectivity index (χ4n) is 5.43. The number of nitrogens with one attached hydrogen (secondary N) is 2. The Morgan fingerprint density at radius 2 is 1.80 bits per heavy atom. The summed E-state index contributed by atoms with van der Waals surface area (Å²) < 4.78 is 20.8. The summed E-state index contributed by atoms with van der Waals surface area (Å²) in [7, 11) is 4.12. The van der Waals surface area contributed by atoms with E-state index in [0.29, 0.717) is 5.82 Å². The van der Waals surface area contributed by atoms with Crippen LogP contribution < -0.4 is 20.1 Å². The Hall–Kier alpha value is -3.51. The molecule has 3 saturated carbocycles. The first-order chi connectivity index (χ1) is 16.9. The molecular formula is C23H28N6O6. The third-order valence-electron chi connectivity index (χ3n) is 7.04. The van der Waals surface area contributed by atoms with Gasteiger partial charge in [0.25, 0.3) is 5.91 Å². The summed E-state index contributed by atoms with van der Waals surface area (Å²) in [5.74, 6) is -0.472. The van der Waals surface area contributed by atoms with E-state index in [2.05, 4.69) is 30.5 Å². The van der Waals surface area contributed by atoms with Gasteiger partial charge in [0.15, 0.2) is 0 Å². The number of esters is 1. The molecule has 2 aromatic rings. The van der Waals surface area contributed by atoms with E-state index in [1.165, 1.54) is 39.9 Å². The van der Waals surface area contributed by atoms with Gasteiger partial charge in [-0.05, 0) is 19.3 Å². The van der Waals surface area contributed by atoms with Gasteiger partial charge in [-0.25, -0.2) is 19.7 Å². The molecule has 2 bridgehead atoms. The molecule has 0 aromatic carbocycles. The van der Waals surface area contributed by atoms with Crippen molar-refractivity contribution in [1.82, 2.24) is 19.9 Å².